The molecule has 3 amide bonds. The molecule has 10 heteroatoms. The summed E-state index contributed by atoms with van der Waals surface area (Å²) in [6, 6.07) is 8.04. The minimum Gasteiger partial charge on any atom is -0.457 e. The maximum absolute atomic E-state index is 12.7. The molecule has 9 nitrogen and oxygen atoms in total. The van der Waals surface area contributed by atoms with Gasteiger partial charge in [-0.25, -0.2) is 0 Å². The number of nitro groups is 1. The van der Waals surface area contributed by atoms with E-state index in [0.717, 1.165) is 35.9 Å². The minimum atomic E-state index is -0.533. The van der Waals surface area contributed by atoms with Crippen LogP contribution >= 0.6 is 11.8 Å². The number of carbonyl (C=O) groups excluding carboxylic acids is 3. The number of benzene rings is 1. The maximum Gasteiger partial charge on any atom is 0.294 e. The van der Waals surface area contributed by atoms with Crippen molar-refractivity contribution >= 4 is 40.6 Å². The summed E-state index contributed by atoms with van der Waals surface area (Å²) >= 11 is 0.757. The molecular formula is C22H21N3O6S. The van der Waals surface area contributed by atoms with Crippen LogP contribution in [0.2, 0.25) is 0 Å². The van der Waals surface area contributed by atoms with Gasteiger partial charge in [0, 0.05) is 36.4 Å². The Balaban J connectivity index is 1.49. The number of likely N-dealkylation sites (tertiary alicyclic amines) is 1. The number of carbonyl (C=O) groups is 3. The zero-order valence-electron chi connectivity index (χ0n) is 17.4. The molecular weight excluding hydrogens is 434 g/mol. The number of hydrogen-bond acceptors (Lipinski definition) is 7. The molecule has 0 aliphatic carbocycles. The van der Waals surface area contributed by atoms with Gasteiger partial charge in [0.15, 0.2) is 0 Å². The van der Waals surface area contributed by atoms with Gasteiger partial charge in [-0.3, -0.25) is 29.4 Å². The van der Waals surface area contributed by atoms with Crippen LogP contribution in [0.3, 0.4) is 0 Å². The molecule has 1 aromatic heterocycles. The topological polar surface area (TPSA) is 114 Å². The van der Waals surface area contributed by atoms with E-state index in [1.165, 1.54) is 12.1 Å². The van der Waals surface area contributed by atoms with E-state index in [0.29, 0.717) is 35.7 Å². The molecule has 0 N–H and O–H groups in total. The highest BCUT2D eigenvalue weighted by atomic mass is 32.2. The van der Waals surface area contributed by atoms with Crippen molar-refractivity contribution in [3.05, 3.63) is 56.7 Å². The molecule has 2 aliphatic heterocycles. The highest BCUT2D eigenvalue weighted by molar-refractivity contribution is 8.18. The van der Waals surface area contributed by atoms with Crippen LogP contribution in [0.15, 0.2) is 39.7 Å². The third kappa shape index (κ3) is 4.45. The van der Waals surface area contributed by atoms with Crippen molar-refractivity contribution in [1.29, 1.82) is 0 Å². The number of thioether (sulfide) groups is 1. The first-order valence-electron chi connectivity index (χ1n) is 10.2. The SMILES string of the molecule is Cc1ccc(-c2ccc(/C=C3/SC(=O)N(CC(=O)N4CCCCC4)C3=O)o2)cc1[N+](=O)[O-]. The van der Waals surface area contributed by atoms with Crippen molar-refractivity contribution < 1.29 is 23.7 Å². The fourth-order valence-electron chi connectivity index (χ4n) is 3.69. The molecule has 4 rings (SSSR count). The Morgan fingerprint density at radius 2 is 1.94 bits per heavy atom. The van der Waals surface area contributed by atoms with Gasteiger partial charge in [-0.1, -0.05) is 12.1 Å². The van der Waals surface area contributed by atoms with E-state index in [-0.39, 0.29) is 23.0 Å². The quantitative estimate of drug-likeness (QED) is 0.377. The normalized spacial score (nSPS) is 18.0. The second-order valence-corrected chi connectivity index (χ2v) is 8.66. The number of imide groups is 1. The van der Waals surface area contributed by atoms with Crippen molar-refractivity contribution in [1.82, 2.24) is 9.80 Å². The number of furan rings is 1. The summed E-state index contributed by atoms with van der Waals surface area (Å²) in [6.07, 6.45) is 4.38. The summed E-state index contributed by atoms with van der Waals surface area (Å²) < 4.78 is 5.73. The highest BCUT2D eigenvalue weighted by Gasteiger charge is 2.37. The van der Waals surface area contributed by atoms with Gasteiger partial charge in [0.05, 0.1) is 9.83 Å². The molecule has 0 spiro atoms. The van der Waals surface area contributed by atoms with Gasteiger partial charge in [0.2, 0.25) is 5.91 Å². The van der Waals surface area contributed by atoms with Gasteiger partial charge in [-0.15, -0.1) is 0 Å². The third-order valence-corrected chi connectivity index (χ3v) is 6.37. The van der Waals surface area contributed by atoms with Crippen LogP contribution in [-0.2, 0) is 9.59 Å². The number of piperidine rings is 1. The average molecular weight is 455 g/mol. The first-order valence-corrected chi connectivity index (χ1v) is 11.0. The van der Waals surface area contributed by atoms with Crippen molar-refractivity contribution in [3.63, 3.8) is 0 Å². The zero-order valence-corrected chi connectivity index (χ0v) is 18.2. The molecule has 0 atom stereocenters. The van der Waals surface area contributed by atoms with E-state index in [9.17, 15) is 24.5 Å². The number of amides is 3. The smallest absolute Gasteiger partial charge is 0.294 e. The largest absolute Gasteiger partial charge is 0.457 e. The zero-order chi connectivity index (χ0) is 22.8. The molecule has 1 aromatic carbocycles. The Kier molecular flexibility index (Phi) is 6.13. The highest BCUT2D eigenvalue weighted by Crippen LogP contribution is 2.34. The third-order valence-electron chi connectivity index (χ3n) is 5.47. The van der Waals surface area contributed by atoms with Crippen molar-refractivity contribution in [2.45, 2.75) is 26.2 Å². The lowest BCUT2D eigenvalue weighted by Crippen LogP contribution is -2.44. The number of aryl methyl sites for hydroxylation is 1. The number of hydrogen-bond donors (Lipinski definition) is 0. The van der Waals surface area contributed by atoms with Crippen molar-refractivity contribution in [2.75, 3.05) is 19.6 Å². The molecule has 0 radical (unpaired) electrons. The van der Waals surface area contributed by atoms with Crippen LogP contribution < -0.4 is 0 Å². The van der Waals surface area contributed by atoms with Gasteiger partial charge >= 0.3 is 0 Å². The lowest BCUT2D eigenvalue weighted by Gasteiger charge is -2.27. The minimum absolute atomic E-state index is 0.0139. The van der Waals surface area contributed by atoms with Gasteiger partial charge in [0.1, 0.15) is 18.1 Å². The molecule has 0 bridgehead atoms. The lowest BCUT2D eigenvalue weighted by atomic mass is 10.1. The molecule has 32 heavy (non-hydrogen) atoms. The summed E-state index contributed by atoms with van der Waals surface area (Å²) in [4.78, 5) is 51.0. The standard InChI is InChI=1S/C22H21N3O6S/c1-14-5-6-15(11-17(14)25(29)30)18-8-7-16(31-18)12-19-21(27)24(22(28)32-19)13-20(26)23-9-3-2-4-10-23/h5-8,11-12H,2-4,9-10,13H2,1H3/b19-12+. The summed E-state index contributed by atoms with van der Waals surface area (Å²) in [5.74, 6) is -0.0290. The second-order valence-electron chi connectivity index (χ2n) is 7.67. The Bertz CT molecular complexity index is 1130. The maximum atomic E-state index is 12.7. The molecule has 0 saturated carbocycles. The van der Waals surface area contributed by atoms with Gasteiger partial charge in [-0.05, 0) is 50.1 Å². The molecule has 0 unspecified atom stereocenters. The second kappa shape index (κ2) is 8.99. The monoisotopic (exact) mass is 455 g/mol. The summed E-state index contributed by atoms with van der Waals surface area (Å²) in [7, 11) is 0. The fourth-order valence-corrected chi connectivity index (χ4v) is 4.51. The van der Waals surface area contributed by atoms with Gasteiger partial charge in [-0.2, -0.15) is 0 Å². The lowest BCUT2D eigenvalue weighted by molar-refractivity contribution is -0.385. The molecule has 2 saturated heterocycles. The Hall–Kier alpha value is -3.40. The van der Waals surface area contributed by atoms with E-state index < -0.39 is 16.1 Å². The molecule has 2 aromatic rings. The first-order chi connectivity index (χ1) is 15.3. The van der Waals surface area contributed by atoms with Crippen LogP contribution in [0.5, 0.6) is 0 Å². The molecule has 2 aliphatic rings. The molecule has 2 fully saturated rings. The summed E-state index contributed by atoms with van der Waals surface area (Å²) in [6.45, 7) is 2.69. The van der Waals surface area contributed by atoms with E-state index >= 15 is 0 Å². The molecule has 166 valence electrons. The molecule has 3 heterocycles. The summed E-state index contributed by atoms with van der Waals surface area (Å²) in [5, 5.41) is 10.7. The van der Waals surface area contributed by atoms with Crippen LogP contribution in [0.1, 0.15) is 30.6 Å². The Labute approximate surface area is 188 Å². The van der Waals surface area contributed by atoms with Gasteiger partial charge in [0.25, 0.3) is 16.8 Å². The van der Waals surface area contributed by atoms with E-state index in [4.69, 9.17) is 4.42 Å². The predicted octanol–water partition coefficient (Wildman–Crippen LogP) is 4.21. The Morgan fingerprint density at radius 1 is 1.19 bits per heavy atom. The van der Waals surface area contributed by atoms with Crippen molar-refractivity contribution in [3.8, 4) is 11.3 Å². The average Bonchev–Trinajstić information content (AvgIpc) is 3.35. The van der Waals surface area contributed by atoms with Crippen LogP contribution in [0, 0.1) is 17.0 Å². The van der Waals surface area contributed by atoms with Crippen LogP contribution in [0.25, 0.3) is 17.4 Å². The van der Waals surface area contributed by atoms with Crippen LogP contribution in [-0.4, -0.2) is 51.4 Å². The predicted molar refractivity (Wildman–Crippen MR) is 119 cm³/mol. The number of rotatable bonds is 5. The number of nitro benzene ring substituents is 1. The van der Waals surface area contributed by atoms with E-state index in [2.05, 4.69) is 0 Å². The van der Waals surface area contributed by atoms with Crippen LogP contribution in [0.4, 0.5) is 10.5 Å². The van der Waals surface area contributed by atoms with Crippen molar-refractivity contribution in [2.24, 2.45) is 0 Å². The van der Waals surface area contributed by atoms with E-state index in [1.54, 1.807) is 36.1 Å². The van der Waals surface area contributed by atoms with E-state index in [1.807, 2.05) is 0 Å². The number of nitrogens with zero attached hydrogens (tertiary/aromatic N) is 3. The fraction of sp³-hybridized carbons (Fsp3) is 0.318. The first kappa shape index (κ1) is 21.8. The summed E-state index contributed by atoms with van der Waals surface area (Å²) in [5.41, 5.74) is 1.06. The Morgan fingerprint density at radius 3 is 2.66 bits per heavy atom. The van der Waals surface area contributed by atoms with Gasteiger partial charge < -0.3 is 9.32 Å².